The van der Waals surface area contributed by atoms with E-state index in [1.807, 2.05) is 0 Å². The monoisotopic (exact) mass is 241 g/mol. The summed E-state index contributed by atoms with van der Waals surface area (Å²) < 4.78 is 21.5. The normalized spacial score (nSPS) is 19.6. The van der Waals surface area contributed by atoms with E-state index < -0.39 is 15.1 Å². The lowest BCUT2D eigenvalue weighted by Crippen LogP contribution is -2.38. The van der Waals surface area contributed by atoms with E-state index in [1.165, 1.54) is 4.90 Å². The van der Waals surface area contributed by atoms with Gasteiger partial charge in [0.2, 0.25) is 9.05 Å². The maximum Gasteiger partial charge on any atom is 0.407 e. The molecule has 0 atom stereocenters. The molecular formula is C7H12ClNO4S. The Hall–Kier alpha value is -0.490. The van der Waals surface area contributed by atoms with Crippen molar-refractivity contribution in [2.24, 2.45) is 5.92 Å². The molecule has 1 heterocycles. The second kappa shape index (κ2) is 4.35. The van der Waals surface area contributed by atoms with Crippen molar-refractivity contribution in [1.29, 1.82) is 0 Å². The minimum Gasteiger partial charge on any atom is -0.465 e. The Labute approximate surface area is 87.1 Å². The number of carbonyl (C=O) groups is 1. The molecule has 0 aromatic heterocycles. The molecule has 5 nitrogen and oxygen atoms in total. The second-order valence-electron chi connectivity index (χ2n) is 3.42. The predicted octanol–water partition coefficient (Wildman–Crippen LogP) is 0.945. The van der Waals surface area contributed by atoms with Gasteiger partial charge >= 0.3 is 6.09 Å². The van der Waals surface area contributed by atoms with Crippen LogP contribution < -0.4 is 0 Å². The fourth-order valence-electron chi connectivity index (χ4n) is 1.57. The number of amides is 1. The summed E-state index contributed by atoms with van der Waals surface area (Å²) in [6, 6.07) is 0. The first kappa shape index (κ1) is 11.6. The Balaban J connectivity index is 2.40. The molecule has 0 aliphatic carbocycles. The Morgan fingerprint density at radius 1 is 1.43 bits per heavy atom. The van der Waals surface area contributed by atoms with Crippen molar-refractivity contribution >= 4 is 25.8 Å². The van der Waals surface area contributed by atoms with Crippen LogP contribution in [-0.2, 0) is 9.05 Å². The molecule has 14 heavy (non-hydrogen) atoms. The summed E-state index contributed by atoms with van der Waals surface area (Å²) in [4.78, 5) is 11.8. The van der Waals surface area contributed by atoms with Gasteiger partial charge in [0.25, 0.3) is 0 Å². The van der Waals surface area contributed by atoms with Gasteiger partial charge in [0.05, 0.1) is 5.75 Å². The van der Waals surface area contributed by atoms with Crippen LogP contribution in [0.25, 0.3) is 0 Å². The van der Waals surface area contributed by atoms with Gasteiger partial charge in [-0.25, -0.2) is 13.2 Å². The molecule has 7 heteroatoms. The Bertz CT molecular complexity index is 308. The molecule has 1 rings (SSSR count). The minimum atomic E-state index is -3.46. The van der Waals surface area contributed by atoms with Crippen LogP contribution in [0, 0.1) is 5.92 Å². The van der Waals surface area contributed by atoms with E-state index in [4.69, 9.17) is 15.8 Å². The zero-order chi connectivity index (χ0) is 10.8. The molecule has 0 aromatic rings. The highest BCUT2D eigenvalue weighted by Crippen LogP contribution is 2.20. The highest BCUT2D eigenvalue weighted by atomic mass is 35.7. The number of hydrogen-bond acceptors (Lipinski definition) is 3. The fourth-order valence-corrected chi connectivity index (χ4v) is 3.00. The fraction of sp³-hybridized carbons (Fsp3) is 0.857. The zero-order valence-corrected chi connectivity index (χ0v) is 9.09. The first-order valence-corrected chi connectivity index (χ1v) is 6.76. The molecule has 1 fully saturated rings. The summed E-state index contributed by atoms with van der Waals surface area (Å²) >= 11 is 0. The molecule has 0 unspecified atom stereocenters. The maximum absolute atomic E-state index is 10.8. The van der Waals surface area contributed by atoms with Gasteiger partial charge in [-0.2, -0.15) is 0 Å². The molecule has 1 N–H and O–H groups in total. The quantitative estimate of drug-likeness (QED) is 0.731. The number of nitrogens with zero attached hydrogens (tertiary/aromatic N) is 1. The Morgan fingerprint density at radius 3 is 2.29 bits per heavy atom. The molecule has 82 valence electrons. The number of halogens is 1. The maximum atomic E-state index is 10.8. The van der Waals surface area contributed by atoms with Crippen LogP contribution in [0.1, 0.15) is 12.8 Å². The highest BCUT2D eigenvalue weighted by molar-refractivity contribution is 8.13. The van der Waals surface area contributed by atoms with Crippen molar-refractivity contribution in [2.45, 2.75) is 12.8 Å². The third-order valence-corrected chi connectivity index (χ3v) is 3.57. The zero-order valence-electron chi connectivity index (χ0n) is 7.52. The molecule has 0 radical (unpaired) electrons. The summed E-state index contributed by atoms with van der Waals surface area (Å²) in [6.07, 6.45) is 0.188. The number of carboxylic acid groups (broad SMARTS) is 1. The lowest BCUT2D eigenvalue weighted by molar-refractivity contribution is 0.127. The third kappa shape index (κ3) is 3.71. The molecule has 0 saturated carbocycles. The molecule has 1 aliphatic rings. The topological polar surface area (TPSA) is 74.7 Å². The van der Waals surface area contributed by atoms with Crippen LogP contribution in [0.15, 0.2) is 0 Å². The number of piperidine rings is 1. The van der Waals surface area contributed by atoms with E-state index in [-0.39, 0.29) is 11.7 Å². The van der Waals surface area contributed by atoms with Gasteiger partial charge in [-0.15, -0.1) is 0 Å². The van der Waals surface area contributed by atoms with Crippen LogP contribution >= 0.6 is 10.7 Å². The second-order valence-corrected chi connectivity index (χ2v) is 6.24. The standard InChI is InChI=1S/C7H12ClNO4S/c8-14(12,13)5-6-1-3-9(4-2-6)7(10)11/h6H,1-5H2,(H,10,11). The van der Waals surface area contributed by atoms with Crippen LogP contribution in [0.5, 0.6) is 0 Å². The van der Waals surface area contributed by atoms with Crippen molar-refractivity contribution in [3.63, 3.8) is 0 Å². The van der Waals surface area contributed by atoms with Crippen LogP contribution in [0.4, 0.5) is 4.79 Å². The van der Waals surface area contributed by atoms with Crippen molar-refractivity contribution in [1.82, 2.24) is 4.90 Å². The molecule has 0 aromatic carbocycles. The molecule has 1 amide bonds. The molecule has 1 aliphatic heterocycles. The number of hydrogen-bond donors (Lipinski definition) is 1. The van der Waals surface area contributed by atoms with Gasteiger partial charge in [-0.1, -0.05) is 0 Å². The van der Waals surface area contributed by atoms with Crippen molar-refractivity contribution in [2.75, 3.05) is 18.8 Å². The summed E-state index contributed by atoms with van der Waals surface area (Å²) in [5, 5.41) is 8.64. The summed E-state index contributed by atoms with van der Waals surface area (Å²) in [5.74, 6) is -0.0599. The first-order chi connectivity index (χ1) is 6.38. The van der Waals surface area contributed by atoms with Gasteiger partial charge in [0.15, 0.2) is 0 Å². The van der Waals surface area contributed by atoms with Crippen LogP contribution in [-0.4, -0.2) is 43.4 Å². The minimum absolute atomic E-state index is 0.00639. The largest absolute Gasteiger partial charge is 0.465 e. The molecule has 0 bridgehead atoms. The average molecular weight is 242 g/mol. The summed E-state index contributed by atoms with van der Waals surface area (Å²) in [6.45, 7) is 0.790. The molecular weight excluding hydrogens is 230 g/mol. The van der Waals surface area contributed by atoms with Crippen LogP contribution in [0.2, 0.25) is 0 Å². The van der Waals surface area contributed by atoms with Gasteiger partial charge in [-0.05, 0) is 18.8 Å². The summed E-state index contributed by atoms with van der Waals surface area (Å²) in [5.41, 5.74) is 0. The van der Waals surface area contributed by atoms with Gasteiger partial charge in [-0.3, -0.25) is 0 Å². The average Bonchev–Trinajstić information content (AvgIpc) is 2.02. The lowest BCUT2D eigenvalue weighted by atomic mass is 9.99. The molecule has 0 spiro atoms. The van der Waals surface area contributed by atoms with E-state index in [0.717, 1.165) is 0 Å². The van der Waals surface area contributed by atoms with Crippen molar-refractivity contribution in [3.05, 3.63) is 0 Å². The SMILES string of the molecule is O=C(O)N1CCC(CS(=O)(=O)Cl)CC1. The Morgan fingerprint density at radius 2 is 1.93 bits per heavy atom. The van der Waals surface area contributed by atoms with Gasteiger partial charge in [0, 0.05) is 23.8 Å². The van der Waals surface area contributed by atoms with E-state index >= 15 is 0 Å². The highest BCUT2D eigenvalue weighted by Gasteiger charge is 2.25. The van der Waals surface area contributed by atoms with E-state index in [1.54, 1.807) is 0 Å². The van der Waals surface area contributed by atoms with E-state index in [0.29, 0.717) is 25.9 Å². The van der Waals surface area contributed by atoms with Crippen molar-refractivity contribution in [3.8, 4) is 0 Å². The number of likely N-dealkylation sites (tertiary alicyclic amines) is 1. The first-order valence-electron chi connectivity index (χ1n) is 4.28. The smallest absolute Gasteiger partial charge is 0.407 e. The van der Waals surface area contributed by atoms with Gasteiger partial charge in [0.1, 0.15) is 0 Å². The van der Waals surface area contributed by atoms with Crippen LogP contribution in [0.3, 0.4) is 0 Å². The summed E-state index contributed by atoms with van der Waals surface area (Å²) in [7, 11) is 1.65. The third-order valence-electron chi connectivity index (χ3n) is 2.32. The van der Waals surface area contributed by atoms with E-state index in [2.05, 4.69) is 0 Å². The lowest BCUT2D eigenvalue weighted by Gasteiger charge is -2.29. The predicted molar refractivity (Wildman–Crippen MR) is 52.0 cm³/mol. The van der Waals surface area contributed by atoms with Crippen molar-refractivity contribution < 1.29 is 18.3 Å². The van der Waals surface area contributed by atoms with Gasteiger partial charge < -0.3 is 10.0 Å². The molecule has 1 saturated heterocycles. The Kier molecular flexibility index (Phi) is 3.60. The van der Waals surface area contributed by atoms with E-state index in [9.17, 15) is 13.2 Å². The number of rotatable bonds is 2.